The van der Waals surface area contributed by atoms with E-state index in [9.17, 15) is 10.2 Å². The fraction of sp³-hybridized carbons (Fsp3) is 0.333. The molecule has 1 aliphatic heterocycles. The summed E-state index contributed by atoms with van der Waals surface area (Å²) >= 11 is 0. The minimum Gasteiger partial charge on any atom is -0.491 e. The Kier molecular flexibility index (Phi) is 7.98. The molecule has 6 heteroatoms. The van der Waals surface area contributed by atoms with Gasteiger partial charge in [0, 0.05) is 44.7 Å². The second kappa shape index (κ2) is 11.7. The van der Waals surface area contributed by atoms with Gasteiger partial charge in [-0.3, -0.25) is 9.80 Å². The van der Waals surface area contributed by atoms with Crippen molar-refractivity contribution in [3.05, 3.63) is 84.9 Å². The minimum atomic E-state index is -0.559. The van der Waals surface area contributed by atoms with E-state index in [4.69, 9.17) is 9.47 Å². The number of aliphatic hydroxyl groups is 2. The second-order valence-corrected chi connectivity index (χ2v) is 9.52. The first kappa shape index (κ1) is 24.5. The van der Waals surface area contributed by atoms with Crippen molar-refractivity contribution in [2.45, 2.75) is 12.2 Å². The molecule has 0 bridgehead atoms. The molecule has 2 unspecified atom stereocenters. The van der Waals surface area contributed by atoms with E-state index in [0.29, 0.717) is 13.1 Å². The Morgan fingerprint density at radius 1 is 0.611 bits per heavy atom. The molecule has 2 N–H and O–H groups in total. The molecule has 0 aliphatic carbocycles. The molecule has 1 fully saturated rings. The van der Waals surface area contributed by atoms with Crippen LogP contribution >= 0.6 is 0 Å². The van der Waals surface area contributed by atoms with E-state index in [1.807, 2.05) is 60.7 Å². The highest BCUT2D eigenvalue weighted by Crippen LogP contribution is 2.25. The van der Waals surface area contributed by atoms with E-state index in [0.717, 1.165) is 53.8 Å². The van der Waals surface area contributed by atoms with Gasteiger partial charge in [0.15, 0.2) is 0 Å². The fourth-order valence-electron chi connectivity index (χ4n) is 4.81. The van der Waals surface area contributed by atoms with Crippen LogP contribution in [0.15, 0.2) is 84.9 Å². The molecule has 2 atom stereocenters. The summed E-state index contributed by atoms with van der Waals surface area (Å²) in [6, 6.07) is 28.3. The summed E-state index contributed by atoms with van der Waals surface area (Å²) in [5.74, 6) is 1.58. The van der Waals surface area contributed by atoms with Gasteiger partial charge in [0.05, 0.1) is 0 Å². The lowest BCUT2D eigenvalue weighted by Crippen LogP contribution is -2.51. The van der Waals surface area contributed by atoms with E-state index in [2.05, 4.69) is 34.1 Å². The van der Waals surface area contributed by atoms with Crippen LogP contribution in [0.1, 0.15) is 0 Å². The lowest BCUT2D eigenvalue weighted by molar-refractivity contribution is 0.0242. The van der Waals surface area contributed by atoms with Gasteiger partial charge in [-0.05, 0) is 34.4 Å². The molecule has 4 aromatic carbocycles. The monoisotopic (exact) mass is 486 g/mol. The van der Waals surface area contributed by atoms with Gasteiger partial charge in [0.1, 0.15) is 36.9 Å². The zero-order chi connectivity index (χ0) is 24.7. The molecule has 4 aromatic rings. The van der Waals surface area contributed by atoms with Gasteiger partial charge in [-0.2, -0.15) is 0 Å². The lowest BCUT2D eigenvalue weighted by atomic mass is 10.1. The first-order chi connectivity index (χ1) is 17.6. The fourth-order valence-corrected chi connectivity index (χ4v) is 4.81. The average molecular weight is 487 g/mol. The van der Waals surface area contributed by atoms with E-state index >= 15 is 0 Å². The third-order valence-electron chi connectivity index (χ3n) is 6.75. The molecule has 0 radical (unpaired) electrons. The lowest BCUT2D eigenvalue weighted by Gasteiger charge is -2.36. The summed E-state index contributed by atoms with van der Waals surface area (Å²) in [7, 11) is 0. The maximum absolute atomic E-state index is 10.6. The van der Waals surface area contributed by atoms with Crippen molar-refractivity contribution in [3.8, 4) is 11.5 Å². The predicted molar refractivity (Wildman–Crippen MR) is 144 cm³/mol. The van der Waals surface area contributed by atoms with E-state index < -0.39 is 12.2 Å². The van der Waals surface area contributed by atoms with Crippen LogP contribution in [0.4, 0.5) is 0 Å². The number of ether oxygens (including phenoxy) is 2. The molecule has 1 heterocycles. The number of fused-ring (bicyclic) bond motifs is 2. The van der Waals surface area contributed by atoms with Gasteiger partial charge >= 0.3 is 0 Å². The number of benzene rings is 4. The average Bonchev–Trinajstić information content (AvgIpc) is 2.91. The van der Waals surface area contributed by atoms with Gasteiger partial charge in [0.2, 0.25) is 0 Å². The maximum Gasteiger partial charge on any atom is 0.127 e. The molecule has 1 aliphatic rings. The molecule has 6 nitrogen and oxygen atoms in total. The molecule has 0 spiro atoms. The smallest absolute Gasteiger partial charge is 0.127 e. The Hall–Kier alpha value is -3.16. The van der Waals surface area contributed by atoms with Crippen LogP contribution in [0.5, 0.6) is 11.5 Å². The van der Waals surface area contributed by atoms with Crippen LogP contribution in [0.25, 0.3) is 21.5 Å². The first-order valence-electron chi connectivity index (χ1n) is 12.7. The Balaban J connectivity index is 1.02. The van der Waals surface area contributed by atoms with Gasteiger partial charge in [0.25, 0.3) is 0 Å². The maximum atomic E-state index is 10.6. The summed E-state index contributed by atoms with van der Waals surface area (Å²) in [5, 5.41) is 25.6. The number of β-amino-alcohol motifs (C(OH)–C–C–N with tert-alkyl or cyclic N) is 2. The van der Waals surface area contributed by atoms with Gasteiger partial charge < -0.3 is 19.7 Å². The van der Waals surface area contributed by atoms with Crippen LogP contribution in [-0.4, -0.2) is 84.7 Å². The highest BCUT2D eigenvalue weighted by molar-refractivity contribution is 5.88. The normalized spacial score (nSPS) is 16.7. The number of aliphatic hydroxyl groups excluding tert-OH is 2. The van der Waals surface area contributed by atoms with Crippen LogP contribution in [0.2, 0.25) is 0 Å². The van der Waals surface area contributed by atoms with Crippen molar-refractivity contribution < 1.29 is 19.7 Å². The summed E-state index contributed by atoms with van der Waals surface area (Å²) in [6.07, 6.45) is -1.11. The third-order valence-corrected chi connectivity index (χ3v) is 6.75. The Bertz CT molecular complexity index is 1270. The molecule has 36 heavy (non-hydrogen) atoms. The zero-order valence-corrected chi connectivity index (χ0v) is 20.5. The first-order valence-corrected chi connectivity index (χ1v) is 12.7. The van der Waals surface area contributed by atoms with Crippen LogP contribution in [0, 0.1) is 0 Å². The van der Waals surface area contributed by atoms with Crippen molar-refractivity contribution in [3.63, 3.8) is 0 Å². The topological polar surface area (TPSA) is 65.4 Å². The van der Waals surface area contributed by atoms with E-state index in [1.54, 1.807) is 0 Å². The number of rotatable bonds is 10. The summed E-state index contributed by atoms with van der Waals surface area (Å²) in [4.78, 5) is 4.51. The number of hydrogen-bond donors (Lipinski definition) is 2. The van der Waals surface area contributed by atoms with Crippen LogP contribution in [0.3, 0.4) is 0 Å². The number of nitrogens with zero attached hydrogens (tertiary/aromatic N) is 2. The number of hydrogen-bond acceptors (Lipinski definition) is 6. The molecule has 188 valence electrons. The van der Waals surface area contributed by atoms with Crippen LogP contribution < -0.4 is 9.47 Å². The standard InChI is InChI=1S/C30H34N2O4/c33-26(21-35-28-13-12-23-6-1-2-8-25(23)18-28)19-31-14-16-32(17-15-31)20-27(34)22-36-30-11-5-9-24-7-3-4-10-29(24)30/h1-13,18,26-27,33-34H,14-17,19-22H2. The van der Waals surface area contributed by atoms with Crippen LogP contribution in [-0.2, 0) is 0 Å². The zero-order valence-electron chi connectivity index (χ0n) is 20.5. The van der Waals surface area contributed by atoms with Crippen molar-refractivity contribution in [2.24, 2.45) is 0 Å². The van der Waals surface area contributed by atoms with Crippen molar-refractivity contribution in [2.75, 3.05) is 52.5 Å². The molecule has 0 amide bonds. The van der Waals surface area contributed by atoms with Crippen molar-refractivity contribution in [1.82, 2.24) is 9.80 Å². The largest absolute Gasteiger partial charge is 0.491 e. The molecular weight excluding hydrogens is 452 g/mol. The minimum absolute atomic E-state index is 0.263. The highest BCUT2D eigenvalue weighted by atomic mass is 16.5. The summed E-state index contributed by atoms with van der Waals surface area (Å²) in [6.45, 7) is 5.09. The summed E-state index contributed by atoms with van der Waals surface area (Å²) in [5.41, 5.74) is 0. The van der Waals surface area contributed by atoms with Gasteiger partial charge in [-0.25, -0.2) is 0 Å². The van der Waals surface area contributed by atoms with E-state index in [-0.39, 0.29) is 13.2 Å². The van der Waals surface area contributed by atoms with E-state index in [1.165, 1.54) is 5.39 Å². The Morgan fingerprint density at radius 3 is 1.92 bits per heavy atom. The van der Waals surface area contributed by atoms with Gasteiger partial charge in [-0.15, -0.1) is 0 Å². The highest BCUT2D eigenvalue weighted by Gasteiger charge is 2.21. The molecule has 5 rings (SSSR count). The summed E-state index contributed by atoms with van der Waals surface area (Å²) < 4.78 is 11.8. The molecular formula is C30H34N2O4. The number of piperazine rings is 1. The quantitative estimate of drug-likeness (QED) is 0.356. The van der Waals surface area contributed by atoms with Crippen molar-refractivity contribution in [1.29, 1.82) is 0 Å². The predicted octanol–water partition coefficient (Wildman–Crippen LogP) is 3.79. The van der Waals surface area contributed by atoms with Gasteiger partial charge in [-0.1, -0.05) is 66.7 Å². The third kappa shape index (κ3) is 6.33. The molecule has 0 saturated carbocycles. The Labute approximate surface area is 212 Å². The molecule has 1 saturated heterocycles. The SMILES string of the molecule is OC(COc1ccc2ccccc2c1)CN1CCN(CC(O)COc2cccc3ccccc23)CC1. The second-order valence-electron chi connectivity index (χ2n) is 9.52. The van der Waals surface area contributed by atoms with Crippen molar-refractivity contribution >= 4 is 21.5 Å². The molecule has 0 aromatic heterocycles. The Morgan fingerprint density at radius 2 is 1.19 bits per heavy atom.